The zero-order chi connectivity index (χ0) is 19.4. The summed E-state index contributed by atoms with van der Waals surface area (Å²) in [7, 11) is -0.692. The Morgan fingerprint density at radius 3 is 2.16 bits per heavy atom. The van der Waals surface area contributed by atoms with Gasteiger partial charge < -0.3 is 14.3 Å². The Hall–Kier alpha value is -0.653. The van der Waals surface area contributed by atoms with E-state index in [0.717, 1.165) is 12.8 Å². The van der Waals surface area contributed by atoms with Crippen molar-refractivity contribution in [3.8, 4) is 0 Å². The highest BCUT2D eigenvalue weighted by molar-refractivity contribution is 6.74. The summed E-state index contributed by atoms with van der Waals surface area (Å²) in [6, 6.07) is 0. The number of hydrogen-bond acceptors (Lipinski definition) is 4. The van der Waals surface area contributed by atoms with Crippen LogP contribution in [0.5, 0.6) is 0 Å². The molecule has 0 bridgehead atoms. The van der Waals surface area contributed by atoms with Gasteiger partial charge in [0.15, 0.2) is 8.32 Å². The maximum atomic E-state index is 11.8. The van der Waals surface area contributed by atoms with Crippen LogP contribution in [0.15, 0.2) is 12.2 Å². The SMILES string of the molecule is C=C(C(=O)OC)[C@H](C)[C@H](O)[C@H](O[Si](C)(C)C(C)(C)C)C1CCCCC1. The minimum Gasteiger partial charge on any atom is -0.466 e. The third-order valence-electron chi connectivity index (χ3n) is 6.20. The van der Waals surface area contributed by atoms with E-state index in [2.05, 4.69) is 40.4 Å². The van der Waals surface area contributed by atoms with Crippen molar-refractivity contribution in [2.24, 2.45) is 11.8 Å². The van der Waals surface area contributed by atoms with Gasteiger partial charge in [-0.3, -0.25) is 0 Å². The number of aliphatic hydroxyl groups excluding tert-OH is 1. The Kier molecular flexibility index (Phi) is 7.90. The average Bonchev–Trinajstić information content (AvgIpc) is 2.56. The first-order valence-corrected chi connectivity index (χ1v) is 12.5. The van der Waals surface area contributed by atoms with Gasteiger partial charge in [-0.25, -0.2) is 4.79 Å². The molecule has 1 rings (SSSR count). The molecule has 0 amide bonds. The summed E-state index contributed by atoms with van der Waals surface area (Å²) < 4.78 is 11.5. The number of rotatable bonds is 7. The number of methoxy groups -OCH3 is 1. The predicted molar refractivity (Wildman–Crippen MR) is 105 cm³/mol. The van der Waals surface area contributed by atoms with Gasteiger partial charge in [-0.15, -0.1) is 0 Å². The van der Waals surface area contributed by atoms with Gasteiger partial charge in [0.05, 0.1) is 19.3 Å². The molecule has 1 N–H and O–H groups in total. The zero-order valence-corrected chi connectivity index (χ0v) is 18.2. The number of aliphatic hydroxyl groups is 1. The minimum absolute atomic E-state index is 0.0717. The summed E-state index contributed by atoms with van der Waals surface area (Å²) in [6.07, 6.45) is 4.77. The lowest BCUT2D eigenvalue weighted by Gasteiger charge is -2.45. The van der Waals surface area contributed by atoms with Gasteiger partial charge in [0.2, 0.25) is 0 Å². The fourth-order valence-electron chi connectivity index (χ4n) is 3.23. The molecule has 5 heteroatoms. The second kappa shape index (κ2) is 8.83. The molecule has 0 radical (unpaired) electrons. The van der Waals surface area contributed by atoms with Crippen molar-refractivity contribution < 1.29 is 19.1 Å². The van der Waals surface area contributed by atoms with Crippen LogP contribution in [0.25, 0.3) is 0 Å². The normalized spacial score (nSPS) is 20.6. The van der Waals surface area contributed by atoms with Crippen LogP contribution < -0.4 is 0 Å². The molecule has 0 aromatic carbocycles. The molecule has 0 aromatic heterocycles. The minimum atomic E-state index is -2.04. The second-order valence-corrected chi connectivity index (χ2v) is 13.8. The molecule has 0 aliphatic heterocycles. The molecule has 1 aliphatic rings. The Morgan fingerprint density at radius 1 is 1.20 bits per heavy atom. The lowest BCUT2D eigenvalue weighted by atomic mass is 9.79. The lowest BCUT2D eigenvalue weighted by Crippen LogP contribution is -2.51. The highest BCUT2D eigenvalue weighted by Crippen LogP contribution is 2.41. The number of ether oxygens (including phenoxy) is 1. The van der Waals surface area contributed by atoms with Crippen molar-refractivity contribution in [1.29, 1.82) is 0 Å². The summed E-state index contributed by atoms with van der Waals surface area (Å²) in [5.41, 5.74) is 0.314. The molecule has 1 fully saturated rings. The molecule has 0 aromatic rings. The summed E-state index contributed by atoms with van der Waals surface area (Å²) >= 11 is 0. The largest absolute Gasteiger partial charge is 0.466 e. The van der Waals surface area contributed by atoms with Gasteiger partial charge in [-0.05, 0) is 36.9 Å². The van der Waals surface area contributed by atoms with Crippen molar-refractivity contribution >= 4 is 14.3 Å². The van der Waals surface area contributed by atoms with E-state index >= 15 is 0 Å². The molecule has 0 saturated heterocycles. The van der Waals surface area contributed by atoms with Gasteiger partial charge in [0.1, 0.15) is 0 Å². The van der Waals surface area contributed by atoms with E-state index in [1.165, 1.54) is 26.4 Å². The van der Waals surface area contributed by atoms with Gasteiger partial charge in [-0.1, -0.05) is 53.5 Å². The van der Waals surface area contributed by atoms with Gasteiger partial charge in [-0.2, -0.15) is 0 Å². The number of esters is 1. The van der Waals surface area contributed by atoms with Gasteiger partial charge in [0.25, 0.3) is 0 Å². The average molecular weight is 371 g/mol. The Morgan fingerprint density at radius 2 is 1.72 bits per heavy atom. The van der Waals surface area contributed by atoms with Crippen molar-refractivity contribution in [2.75, 3.05) is 7.11 Å². The molecule has 4 nitrogen and oxygen atoms in total. The fraction of sp³-hybridized carbons (Fsp3) is 0.850. The van der Waals surface area contributed by atoms with E-state index in [9.17, 15) is 9.90 Å². The Bertz CT molecular complexity index is 461. The second-order valence-electron chi connectivity index (χ2n) is 9.04. The van der Waals surface area contributed by atoms with Crippen molar-refractivity contribution in [3.63, 3.8) is 0 Å². The molecule has 25 heavy (non-hydrogen) atoms. The molecule has 0 unspecified atom stereocenters. The van der Waals surface area contributed by atoms with E-state index in [4.69, 9.17) is 9.16 Å². The number of carbonyl (C=O) groups is 1. The fourth-order valence-corrected chi connectivity index (χ4v) is 4.60. The molecular weight excluding hydrogens is 332 g/mol. The van der Waals surface area contributed by atoms with E-state index < -0.39 is 20.4 Å². The van der Waals surface area contributed by atoms with Crippen molar-refractivity contribution in [2.45, 2.75) is 90.1 Å². The molecule has 0 heterocycles. The Labute approximate surface area is 155 Å². The van der Waals surface area contributed by atoms with Crippen LogP contribution in [0, 0.1) is 11.8 Å². The van der Waals surface area contributed by atoms with E-state index in [0.29, 0.717) is 11.5 Å². The van der Waals surface area contributed by atoms with Crippen LogP contribution in [0.4, 0.5) is 0 Å². The molecular formula is C20H38O4Si. The number of carbonyl (C=O) groups excluding carboxylic acids is 1. The first-order chi connectivity index (χ1) is 11.4. The quantitative estimate of drug-likeness (QED) is 0.401. The van der Waals surface area contributed by atoms with E-state index in [1.54, 1.807) is 0 Å². The van der Waals surface area contributed by atoms with Crippen molar-refractivity contribution in [1.82, 2.24) is 0 Å². The third-order valence-corrected chi connectivity index (χ3v) is 10.7. The maximum absolute atomic E-state index is 11.8. The highest BCUT2D eigenvalue weighted by Gasteiger charge is 2.44. The summed E-state index contributed by atoms with van der Waals surface area (Å²) in [5.74, 6) is -0.504. The first-order valence-electron chi connectivity index (χ1n) is 9.55. The third kappa shape index (κ3) is 5.66. The van der Waals surface area contributed by atoms with Crippen LogP contribution in [-0.4, -0.2) is 38.7 Å². The Balaban J connectivity index is 3.04. The molecule has 146 valence electrons. The smallest absolute Gasteiger partial charge is 0.333 e. The summed E-state index contributed by atoms with van der Waals surface area (Å²) in [4.78, 5) is 11.8. The van der Waals surface area contributed by atoms with Gasteiger partial charge >= 0.3 is 5.97 Å². The van der Waals surface area contributed by atoms with Crippen LogP contribution in [-0.2, 0) is 14.0 Å². The standard InChI is InChI=1S/C20H38O4Si/c1-14(15(2)19(22)23-6)17(21)18(16-12-10-9-11-13-16)24-25(7,8)20(3,4)5/h14,16-18,21H,2,9-13H2,1,3-8H3/t14-,17-,18+/m0/s1. The molecule has 1 aliphatic carbocycles. The van der Waals surface area contributed by atoms with Crippen LogP contribution in [0.2, 0.25) is 18.1 Å². The first kappa shape index (κ1) is 22.4. The lowest BCUT2D eigenvalue weighted by molar-refractivity contribution is -0.137. The topological polar surface area (TPSA) is 55.8 Å². The van der Waals surface area contributed by atoms with E-state index in [-0.39, 0.29) is 17.1 Å². The monoisotopic (exact) mass is 370 g/mol. The zero-order valence-electron chi connectivity index (χ0n) is 17.2. The predicted octanol–water partition coefficient (Wildman–Crippen LogP) is 4.68. The summed E-state index contributed by atoms with van der Waals surface area (Å²) in [6.45, 7) is 16.7. The molecule has 3 atom stereocenters. The highest BCUT2D eigenvalue weighted by atomic mass is 28.4. The molecule has 1 saturated carbocycles. The van der Waals surface area contributed by atoms with Crippen LogP contribution in [0.3, 0.4) is 0 Å². The van der Waals surface area contributed by atoms with Crippen LogP contribution >= 0.6 is 0 Å². The van der Waals surface area contributed by atoms with E-state index in [1.807, 2.05) is 6.92 Å². The van der Waals surface area contributed by atoms with Crippen molar-refractivity contribution in [3.05, 3.63) is 12.2 Å². The maximum Gasteiger partial charge on any atom is 0.333 e. The van der Waals surface area contributed by atoms with Crippen LogP contribution in [0.1, 0.15) is 59.8 Å². The van der Waals surface area contributed by atoms with Gasteiger partial charge in [0, 0.05) is 11.5 Å². The molecule has 0 spiro atoms. The summed E-state index contributed by atoms with van der Waals surface area (Å²) in [5, 5.41) is 11.2. The number of hydrogen-bond donors (Lipinski definition) is 1.